The number of aliphatic hydroxyl groups is 1. The molecular formula is C12H13BrN2O2. The second kappa shape index (κ2) is 4.89. The Balaban J connectivity index is 2.37. The normalized spacial score (nSPS) is 10.8. The smallest absolute Gasteiger partial charge is 0.270 e. The number of halogens is 1. The van der Waals surface area contributed by atoms with Crippen LogP contribution in [0.1, 0.15) is 10.5 Å². The standard InChI is InChI=1S/C12H13BrN2O2/c1-15(5-6-16)12(17)11-7-8-9(13)3-2-4-10(8)14-11/h2-4,7,14,16H,5-6H2,1H3. The van der Waals surface area contributed by atoms with E-state index in [2.05, 4.69) is 20.9 Å². The second-order valence-corrected chi connectivity index (χ2v) is 4.69. The molecule has 0 aliphatic rings. The summed E-state index contributed by atoms with van der Waals surface area (Å²) in [7, 11) is 1.67. The Morgan fingerprint density at radius 2 is 2.29 bits per heavy atom. The fourth-order valence-electron chi connectivity index (χ4n) is 1.69. The van der Waals surface area contributed by atoms with Crippen LogP contribution in [-0.2, 0) is 0 Å². The van der Waals surface area contributed by atoms with Crippen LogP contribution in [-0.4, -0.2) is 41.1 Å². The molecule has 90 valence electrons. The van der Waals surface area contributed by atoms with Crippen molar-refractivity contribution in [1.29, 1.82) is 0 Å². The van der Waals surface area contributed by atoms with Crippen LogP contribution >= 0.6 is 15.9 Å². The Labute approximate surface area is 107 Å². The third-order valence-corrected chi connectivity index (χ3v) is 3.31. The molecule has 17 heavy (non-hydrogen) atoms. The van der Waals surface area contributed by atoms with Crippen molar-refractivity contribution in [3.63, 3.8) is 0 Å². The number of rotatable bonds is 3. The van der Waals surface area contributed by atoms with Crippen LogP contribution in [0.3, 0.4) is 0 Å². The van der Waals surface area contributed by atoms with E-state index in [0.29, 0.717) is 12.2 Å². The van der Waals surface area contributed by atoms with Crippen LogP contribution in [0.5, 0.6) is 0 Å². The molecule has 1 aromatic carbocycles. The molecule has 0 atom stereocenters. The van der Waals surface area contributed by atoms with Crippen molar-refractivity contribution in [3.8, 4) is 0 Å². The van der Waals surface area contributed by atoms with E-state index in [1.165, 1.54) is 4.90 Å². The summed E-state index contributed by atoms with van der Waals surface area (Å²) >= 11 is 3.44. The van der Waals surface area contributed by atoms with E-state index in [1.54, 1.807) is 7.05 Å². The number of aromatic amines is 1. The summed E-state index contributed by atoms with van der Waals surface area (Å²) in [5, 5.41) is 9.78. The lowest BCUT2D eigenvalue weighted by Crippen LogP contribution is -2.29. The minimum Gasteiger partial charge on any atom is -0.395 e. The molecule has 2 N–H and O–H groups in total. The minimum atomic E-state index is -0.123. The van der Waals surface area contributed by atoms with E-state index < -0.39 is 0 Å². The number of fused-ring (bicyclic) bond motifs is 1. The Morgan fingerprint density at radius 1 is 1.53 bits per heavy atom. The molecule has 0 unspecified atom stereocenters. The van der Waals surface area contributed by atoms with Crippen molar-refractivity contribution in [2.24, 2.45) is 0 Å². The first-order valence-electron chi connectivity index (χ1n) is 5.27. The molecule has 0 aliphatic carbocycles. The van der Waals surface area contributed by atoms with Crippen LogP contribution in [0.4, 0.5) is 0 Å². The number of carbonyl (C=O) groups is 1. The Hall–Kier alpha value is -1.33. The molecule has 2 aromatic rings. The van der Waals surface area contributed by atoms with E-state index in [0.717, 1.165) is 15.4 Å². The summed E-state index contributed by atoms with van der Waals surface area (Å²) < 4.78 is 0.954. The van der Waals surface area contributed by atoms with Gasteiger partial charge >= 0.3 is 0 Å². The lowest BCUT2D eigenvalue weighted by atomic mass is 10.2. The monoisotopic (exact) mass is 296 g/mol. The molecular weight excluding hydrogens is 284 g/mol. The summed E-state index contributed by atoms with van der Waals surface area (Å²) in [5.41, 5.74) is 1.45. The molecule has 0 radical (unpaired) electrons. The van der Waals surface area contributed by atoms with Crippen molar-refractivity contribution in [2.75, 3.05) is 20.2 Å². The van der Waals surface area contributed by atoms with Gasteiger partial charge in [0.1, 0.15) is 5.69 Å². The predicted molar refractivity (Wildman–Crippen MR) is 70.0 cm³/mol. The van der Waals surface area contributed by atoms with Gasteiger partial charge in [0, 0.05) is 29.0 Å². The van der Waals surface area contributed by atoms with Crippen LogP contribution in [0.25, 0.3) is 10.9 Å². The third-order valence-electron chi connectivity index (χ3n) is 2.62. The molecule has 0 fully saturated rings. The number of nitrogens with one attached hydrogen (secondary N) is 1. The van der Waals surface area contributed by atoms with Crippen LogP contribution in [0.2, 0.25) is 0 Å². The average Bonchev–Trinajstić information content (AvgIpc) is 2.73. The SMILES string of the molecule is CN(CCO)C(=O)c1cc2c(Br)cccc2[nH]1. The van der Waals surface area contributed by atoms with Crippen molar-refractivity contribution in [2.45, 2.75) is 0 Å². The molecule has 0 aliphatic heterocycles. The van der Waals surface area contributed by atoms with Gasteiger partial charge in [-0.25, -0.2) is 0 Å². The van der Waals surface area contributed by atoms with Crippen molar-refractivity contribution < 1.29 is 9.90 Å². The van der Waals surface area contributed by atoms with Gasteiger partial charge in [-0.15, -0.1) is 0 Å². The number of hydrogen-bond acceptors (Lipinski definition) is 2. The van der Waals surface area contributed by atoms with Crippen LogP contribution in [0.15, 0.2) is 28.7 Å². The number of hydrogen-bond donors (Lipinski definition) is 2. The highest BCUT2D eigenvalue weighted by Gasteiger charge is 2.14. The summed E-state index contributed by atoms with van der Waals surface area (Å²) in [6.45, 7) is 0.293. The maximum Gasteiger partial charge on any atom is 0.270 e. The first-order valence-corrected chi connectivity index (χ1v) is 6.06. The zero-order chi connectivity index (χ0) is 12.4. The van der Waals surface area contributed by atoms with Gasteiger partial charge in [-0.05, 0) is 18.2 Å². The van der Waals surface area contributed by atoms with Gasteiger partial charge in [-0.2, -0.15) is 0 Å². The molecule has 2 rings (SSSR count). The van der Waals surface area contributed by atoms with Crippen LogP contribution < -0.4 is 0 Å². The predicted octanol–water partition coefficient (Wildman–Crippen LogP) is 1.99. The Morgan fingerprint density at radius 3 is 2.94 bits per heavy atom. The number of carbonyl (C=O) groups excluding carboxylic acids is 1. The Kier molecular flexibility index (Phi) is 3.49. The highest BCUT2D eigenvalue weighted by atomic mass is 79.9. The zero-order valence-electron chi connectivity index (χ0n) is 9.40. The topological polar surface area (TPSA) is 56.3 Å². The van der Waals surface area contributed by atoms with E-state index >= 15 is 0 Å². The number of likely N-dealkylation sites (N-methyl/N-ethyl adjacent to an activating group) is 1. The van der Waals surface area contributed by atoms with Crippen LogP contribution in [0, 0.1) is 0 Å². The summed E-state index contributed by atoms with van der Waals surface area (Å²) in [5.74, 6) is -0.123. The Bertz CT molecular complexity index is 550. The minimum absolute atomic E-state index is 0.0356. The first kappa shape index (κ1) is 12.1. The van der Waals surface area contributed by atoms with Gasteiger partial charge in [0.05, 0.1) is 6.61 Å². The lowest BCUT2D eigenvalue weighted by molar-refractivity contribution is 0.0762. The molecule has 1 aromatic heterocycles. The quantitative estimate of drug-likeness (QED) is 0.910. The summed E-state index contributed by atoms with van der Waals surface area (Å²) in [6.07, 6.45) is 0. The fourth-order valence-corrected chi connectivity index (χ4v) is 2.17. The van der Waals surface area contributed by atoms with Crippen molar-refractivity contribution in [1.82, 2.24) is 9.88 Å². The van der Waals surface area contributed by atoms with Gasteiger partial charge in [-0.3, -0.25) is 4.79 Å². The molecule has 5 heteroatoms. The number of amides is 1. The first-order chi connectivity index (χ1) is 8.13. The number of H-pyrrole nitrogens is 1. The highest BCUT2D eigenvalue weighted by molar-refractivity contribution is 9.10. The number of benzene rings is 1. The zero-order valence-corrected chi connectivity index (χ0v) is 11.0. The van der Waals surface area contributed by atoms with E-state index in [4.69, 9.17) is 5.11 Å². The average molecular weight is 297 g/mol. The lowest BCUT2D eigenvalue weighted by Gasteiger charge is -2.13. The molecule has 0 saturated carbocycles. The molecule has 1 amide bonds. The summed E-state index contributed by atoms with van der Waals surface area (Å²) in [6, 6.07) is 7.58. The van der Waals surface area contributed by atoms with E-state index in [9.17, 15) is 4.79 Å². The number of nitrogens with zero attached hydrogens (tertiary/aromatic N) is 1. The summed E-state index contributed by atoms with van der Waals surface area (Å²) in [4.78, 5) is 16.5. The van der Waals surface area contributed by atoms with Gasteiger partial charge in [0.25, 0.3) is 5.91 Å². The van der Waals surface area contributed by atoms with Gasteiger partial charge in [0.2, 0.25) is 0 Å². The second-order valence-electron chi connectivity index (χ2n) is 3.83. The molecule has 0 saturated heterocycles. The molecule has 0 spiro atoms. The molecule has 1 heterocycles. The van der Waals surface area contributed by atoms with Gasteiger partial charge in [-0.1, -0.05) is 22.0 Å². The van der Waals surface area contributed by atoms with E-state index in [-0.39, 0.29) is 12.5 Å². The van der Waals surface area contributed by atoms with Crippen molar-refractivity contribution >= 4 is 32.7 Å². The van der Waals surface area contributed by atoms with Gasteiger partial charge in [0.15, 0.2) is 0 Å². The number of aliphatic hydroxyl groups excluding tert-OH is 1. The molecule has 4 nitrogen and oxygen atoms in total. The largest absolute Gasteiger partial charge is 0.395 e. The maximum absolute atomic E-state index is 12.0. The maximum atomic E-state index is 12.0. The van der Waals surface area contributed by atoms with Gasteiger partial charge < -0.3 is 15.0 Å². The number of aromatic nitrogens is 1. The van der Waals surface area contributed by atoms with Crippen molar-refractivity contribution in [3.05, 3.63) is 34.4 Å². The molecule has 0 bridgehead atoms. The fraction of sp³-hybridized carbons (Fsp3) is 0.250. The van der Waals surface area contributed by atoms with E-state index in [1.807, 2.05) is 24.3 Å². The highest BCUT2D eigenvalue weighted by Crippen LogP contribution is 2.24. The third kappa shape index (κ3) is 2.35.